The molecule has 1 heterocycles. The third kappa shape index (κ3) is 2.92. The van der Waals surface area contributed by atoms with Crippen LogP contribution in [0.25, 0.3) is 10.9 Å². The van der Waals surface area contributed by atoms with Gasteiger partial charge in [0.15, 0.2) is 0 Å². The Morgan fingerprint density at radius 2 is 1.89 bits per heavy atom. The van der Waals surface area contributed by atoms with E-state index in [2.05, 4.69) is 67.0 Å². The molecule has 0 bridgehead atoms. The van der Waals surface area contributed by atoms with Crippen LogP contribution in [0, 0.1) is 5.41 Å². The zero-order chi connectivity index (χ0) is 13.2. The summed E-state index contributed by atoms with van der Waals surface area (Å²) in [6.07, 6.45) is 2.14. The second kappa shape index (κ2) is 5.40. The smallest absolute Gasteiger partial charge is 0.0705 e. The Bertz CT molecular complexity index is 533. The monoisotopic (exact) mass is 305 g/mol. The van der Waals surface area contributed by atoms with Crippen LogP contribution < -0.4 is 0 Å². The molecule has 2 rings (SSSR count). The largest absolute Gasteiger partial charge is 0.253 e. The summed E-state index contributed by atoms with van der Waals surface area (Å²) < 4.78 is 0. The first-order valence-corrected chi connectivity index (χ1v) is 7.43. The Hall–Kier alpha value is -0.890. The van der Waals surface area contributed by atoms with Crippen molar-refractivity contribution in [2.75, 3.05) is 0 Å². The van der Waals surface area contributed by atoms with Crippen LogP contribution in [0.2, 0.25) is 0 Å². The number of hydrogen-bond acceptors (Lipinski definition) is 1. The lowest BCUT2D eigenvalue weighted by molar-refractivity contribution is 0.338. The third-order valence-corrected chi connectivity index (χ3v) is 5.37. The molecular weight excluding hydrogens is 286 g/mol. The van der Waals surface area contributed by atoms with Gasteiger partial charge in [0.1, 0.15) is 0 Å². The van der Waals surface area contributed by atoms with Gasteiger partial charge in [0, 0.05) is 22.3 Å². The van der Waals surface area contributed by atoms with Crippen LogP contribution in [0.1, 0.15) is 32.9 Å². The first-order chi connectivity index (χ1) is 8.53. The van der Waals surface area contributed by atoms with Gasteiger partial charge in [0.25, 0.3) is 0 Å². The van der Waals surface area contributed by atoms with Gasteiger partial charge < -0.3 is 0 Å². The fourth-order valence-corrected chi connectivity index (χ4v) is 2.56. The average Bonchev–Trinajstić information content (AvgIpc) is 2.38. The molecule has 0 saturated carbocycles. The van der Waals surface area contributed by atoms with E-state index in [0.29, 0.717) is 10.2 Å². The van der Waals surface area contributed by atoms with E-state index in [-0.39, 0.29) is 0 Å². The minimum absolute atomic E-state index is 0.299. The first kappa shape index (κ1) is 13.5. The second-order valence-corrected chi connectivity index (χ2v) is 6.61. The molecular formula is C16H20BrN. The number of halogens is 1. The molecule has 96 valence electrons. The van der Waals surface area contributed by atoms with Gasteiger partial charge in [-0.1, -0.05) is 61.0 Å². The lowest BCUT2D eigenvalue weighted by atomic mass is 9.84. The van der Waals surface area contributed by atoms with Crippen molar-refractivity contribution in [1.82, 2.24) is 4.98 Å². The molecule has 1 aromatic carbocycles. The molecule has 0 amide bonds. The Morgan fingerprint density at radius 3 is 2.61 bits per heavy atom. The van der Waals surface area contributed by atoms with Crippen LogP contribution in [-0.2, 0) is 6.42 Å². The number of benzene rings is 1. The summed E-state index contributed by atoms with van der Waals surface area (Å²) in [7, 11) is 0. The zero-order valence-corrected chi connectivity index (χ0v) is 12.9. The van der Waals surface area contributed by atoms with Crippen molar-refractivity contribution in [2.45, 2.75) is 38.4 Å². The minimum atomic E-state index is 0.299. The normalized spacial score (nSPS) is 13.8. The lowest BCUT2D eigenvalue weighted by Gasteiger charge is -2.28. The van der Waals surface area contributed by atoms with Gasteiger partial charge in [-0.3, -0.25) is 4.98 Å². The molecule has 2 heteroatoms. The summed E-state index contributed by atoms with van der Waals surface area (Å²) in [5.41, 5.74) is 2.55. The molecule has 0 aliphatic carbocycles. The molecule has 18 heavy (non-hydrogen) atoms. The molecule has 1 aromatic heterocycles. The number of fused-ring (bicyclic) bond motifs is 1. The van der Waals surface area contributed by atoms with Crippen molar-refractivity contribution in [3.8, 4) is 0 Å². The highest BCUT2D eigenvalue weighted by atomic mass is 79.9. The molecule has 2 aromatic rings. The molecule has 0 aliphatic rings. The maximum Gasteiger partial charge on any atom is 0.0705 e. The summed E-state index contributed by atoms with van der Waals surface area (Å²) in [5, 5.41) is 1.21. The van der Waals surface area contributed by atoms with Gasteiger partial charge in [-0.15, -0.1) is 0 Å². The molecule has 0 spiro atoms. The lowest BCUT2D eigenvalue weighted by Crippen LogP contribution is -2.25. The van der Waals surface area contributed by atoms with E-state index in [9.17, 15) is 0 Å². The van der Waals surface area contributed by atoms with E-state index in [0.717, 1.165) is 24.1 Å². The van der Waals surface area contributed by atoms with Crippen LogP contribution in [0.15, 0.2) is 36.4 Å². The number of aromatic nitrogens is 1. The number of nitrogens with zero attached hydrogens (tertiary/aromatic N) is 1. The maximum atomic E-state index is 4.73. The van der Waals surface area contributed by atoms with E-state index < -0.39 is 0 Å². The second-order valence-electron chi connectivity index (χ2n) is 5.51. The van der Waals surface area contributed by atoms with E-state index in [4.69, 9.17) is 4.98 Å². The molecule has 1 nitrogen and oxygen atoms in total. The molecule has 0 aliphatic heterocycles. The van der Waals surface area contributed by atoms with Crippen LogP contribution in [0.4, 0.5) is 0 Å². The van der Waals surface area contributed by atoms with E-state index in [1.54, 1.807) is 0 Å². The average molecular weight is 306 g/mol. The summed E-state index contributed by atoms with van der Waals surface area (Å²) in [4.78, 5) is 5.19. The van der Waals surface area contributed by atoms with Crippen molar-refractivity contribution in [2.24, 2.45) is 5.41 Å². The van der Waals surface area contributed by atoms with Gasteiger partial charge in [-0.2, -0.15) is 0 Å². The summed E-state index contributed by atoms with van der Waals surface area (Å²) >= 11 is 3.82. The van der Waals surface area contributed by atoms with Gasteiger partial charge in [-0.05, 0) is 24.0 Å². The SMILES string of the molecule is CCC(C)(C)C(Br)Cc1ccc2ccccc2n1. The van der Waals surface area contributed by atoms with E-state index >= 15 is 0 Å². The summed E-state index contributed by atoms with van der Waals surface area (Å²) in [5.74, 6) is 0. The third-order valence-electron chi connectivity index (χ3n) is 3.80. The zero-order valence-electron chi connectivity index (χ0n) is 11.3. The Kier molecular flexibility index (Phi) is 4.06. The van der Waals surface area contributed by atoms with Crippen molar-refractivity contribution in [3.63, 3.8) is 0 Å². The number of pyridine rings is 1. The summed E-state index contributed by atoms with van der Waals surface area (Å²) in [6.45, 7) is 6.84. The summed E-state index contributed by atoms with van der Waals surface area (Å²) in [6, 6.07) is 12.6. The van der Waals surface area contributed by atoms with Crippen molar-refractivity contribution in [1.29, 1.82) is 0 Å². The highest BCUT2D eigenvalue weighted by molar-refractivity contribution is 9.09. The van der Waals surface area contributed by atoms with E-state index in [1.807, 2.05) is 6.07 Å². The molecule has 0 fully saturated rings. The van der Waals surface area contributed by atoms with Crippen molar-refractivity contribution < 1.29 is 0 Å². The van der Waals surface area contributed by atoms with Crippen LogP contribution in [0.3, 0.4) is 0 Å². The quantitative estimate of drug-likeness (QED) is 0.726. The predicted octanol–water partition coefficient (Wildman–Crippen LogP) is 4.98. The standard InChI is InChI=1S/C16H20BrN/c1-4-16(2,3)15(17)11-13-10-9-12-7-5-6-8-14(12)18-13/h5-10,15H,4,11H2,1-3H3. The Morgan fingerprint density at radius 1 is 1.17 bits per heavy atom. The number of alkyl halides is 1. The molecule has 1 unspecified atom stereocenters. The minimum Gasteiger partial charge on any atom is -0.253 e. The van der Waals surface area contributed by atoms with Crippen molar-refractivity contribution in [3.05, 3.63) is 42.1 Å². The van der Waals surface area contributed by atoms with Crippen molar-refractivity contribution >= 4 is 26.8 Å². The van der Waals surface area contributed by atoms with Gasteiger partial charge in [-0.25, -0.2) is 0 Å². The van der Waals surface area contributed by atoms with Crippen LogP contribution in [0.5, 0.6) is 0 Å². The first-order valence-electron chi connectivity index (χ1n) is 6.51. The topological polar surface area (TPSA) is 12.9 Å². The van der Waals surface area contributed by atoms with E-state index in [1.165, 1.54) is 5.39 Å². The molecule has 0 radical (unpaired) electrons. The predicted molar refractivity (Wildman–Crippen MR) is 82.2 cm³/mol. The molecule has 0 saturated heterocycles. The highest BCUT2D eigenvalue weighted by Gasteiger charge is 2.25. The number of hydrogen-bond donors (Lipinski definition) is 0. The number of rotatable bonds is 4. The van der Waals surface area contributed by atoms with Crippen LogP contribution in [-0.4, -0.2) is 9.81 Å². The fraction of sp³-hybridized carbons (Fsp3) is 0.438. The van der Waals surface area contributed by atoms with Gasteiger partial charge >= 0.3 is 0 Å². The Labute approximate surface area is 118 Å². The Balaban J connectivity index is 2.22. The maximum absolute atomic E-state index is 4.73. The van der Waals surface area contributed by atoms with Gasteiger partial charge in [0.05, 0.1) is 5.52 Å². The van der Waals surface area contributed by atoms with Gasteiger partial charge in [0.2, 0.25) is 0 Å². The molecule has 1 atom stereocenters. The fourth-order valence-electron chi connectivity index (χ4n) is 1.90. The highest BCUT2D eigenvalue weighted by Crippen LogP contribution is 2.32. The molecule has 0 N–H and O–H groups in total. The van der Waals surface area contributed by atoms with Crippen LogP contribution >= 0.6 is 15.9 Å². The number of para-hydroxylation sites is 1.